The Morgan fingerprint density at radius 3 is 3.05 bits per heavy atom. The summed E-state index contributed by atoms with van der Waals surface area (Å²) >= 11 is 0. The van der Waals surface area contributed by atoms with Crippen LogP contribution in [-0.4, -0.2) is 29.0 Å². The molecule has 0 fully saturated rings. The predicted octanol–water partition coefficient (Wildman–Crippen LogP) is 2.70. The smallest absolute Gasteiger partial charge is 0.270 e. The number of nitrogens with zero attached hydrogens (tertiary/aromatic N) is 3. The van der Waals surface area contributed by atoms with Gasteiger partial charge in [0.15, 0.2) is 0 Å². The molecule has 5 heteroatoms. The van der Waals surface area contributed by atoms with Crippen LogP contribution in [0, 0.1) is 0 Å². The van der Waals surface area contributed by atoms with Crippen LogP contribution in [0.25, 0.3) is 0 Å². The van der Waals surface area contributed by atoms with Crippen LogP contribution in [0.5, 0.6) is 0 Å². The van der Waals surface area contributed by atoms with Gasteiger partial charge in [0.05, 0.1) is 0 Å². The number of rotatable bonds is 5. The molecule has 22 heavy (non-hydrogen) atoms. The number of benzene rings is 1. The van der Waals surface area contributed by atoms with Crippen LogP contribution in [-0.2, 0) is 6.42 Å². The van der Waals surface area contributed by atoms with Crippen LogP contribution in [0.1, 0.15) is 35.8 Å². The number of unbranched alkanes of at least 4 members (excludes halogenated alkanes) is 1. The zero-order valence-corrected chi connectivity index (χ0v) is 12.7. The highest BCUT2D eigenvalue weighted by molar-refractivity contribution is 5.93. The van der Waals surface area contributed by atoms with E-state index in [2.05, 4.69) is 45.3 Å². The minimum absolute atomic E-state index is 0.135. The Bertz CT molecular complexity index is 671. The first-order chi connectivity index (χ1) is 10.8. The quantitative estimate of drug-likeness (QED) is 0.862. The summed E-state index contributed by atoms with van der Waals surface area (Å²) in [5.74, 6) is 0.644. The van der Waals surface area contributed by atoms with Crippen molar-refractivity contribution in [3.63, 3.8) is 0 Å². The summed E-state index contributed by atoms with van der Waals surface area (Å²) in [7, 11) is 0. The fourth-order valence-electron chi connectivity index (χ4n) is 2.66. The highest BCUT2D eigenvalue weighted by Gasteiger charge is 2.21. The topological polar surface area (TPSA) is 58.1 Å². The van der Waals surface area contributed by atoms with Gasteiger partial charge in [0.2, 0.25) is 0 Å². The largest absolute Gasteiger partial charge is 0.351 e. The van der Waals surface area contributed by atoms with Crippen LogP contribution in [0.15, 0.2) is 36.7 Å². The molecule has 2 heterocycles. The number of amides is 1. The van der Waals surface area contributed by atoms with E-state index in [0.717, 1.165) is 31.6 Å². The Morgan fingerprint density at radius 1 is 1.32 bits per heavy atom. The maximum absolute atomic E-state index is 12.1. The van der Waals surface area contributed by atoms with E-state index in [-0.39, 0.29) is 5.91 Å². The van der Waals surface area contributed by atoms with E-state index >= 15 is 0 Å². The number of carbonyl (C=O) groups excluding carboxylic acids is 1. The van der Waals surface area contributed by atoms with E-state index in [1.807, 2.05) is 6.07 Å². The molecule has 114 valence electrons. The molecule has 1 aliphatic rings. The molecule has 1 N–H and O–H groups in total. The Balaban J connectivity index is 1.79. The van der Waals surface area contributed by atoms with Crippen molar-refractivity contribution in [2.75, 3.05) is 18.0 Å². The molecule has 1 aromatic carbocycles. The zero-order valence-electron chi connectivity index (χ0n) is 12.7. The minimum Gasteiger partial charge on any atom is -0.351 e. The lowest BCUT2D eigenvalue weighted by Gasteiger charge is -2.18. The summed E-state index contributed by atoms with van der Waals surface area (Å²) in [6, 6.07) is 10.1. The monoisotopic (exact) mass is 296 g/mol. The van der Waals surface area contributed by atoms with Gasteiger partial charge in [0.1, 0.15) is 17.8 Å². The Hall–Kier alpha value is -2.43. The van der Waals surface area contributed by atoms with Crippen molar-refractivity contribution in [1.29, 1.82) is 0 Å². The summed E-state index contributed by atoms with van der Waals surface area (Å²) in [6.45, 7) is 3.66. The van der Waals surface area contributed by atoms with Crippen molar-refractivity contribution >= 4 is 17.4 Å². The van der Waals surface area contributed by atoms with Gasteiger partial charge in [0, 0.05) is 24.8 Å². The molecule has 1 aliphatic heterocycles. The average molecular weight is 296 g/mol. The Labute approximate surface area is 130 Å². The number of aromatic nitrogens is 2. The molecule has 0 saturated heterocycles. The van der Waals surface area contributed by atoms with Gasteiger partial charge in [-0.05, 0) is 24.5 Å². The Morgan fingerprint density at radius 2 is 2.18 bits per heavy atom. The van der Waals surface area contributed by atoms with Crippen LogP contribution in [0.2, 0.25) is 0 Å². The highest BCUT2D eigenvalue weighted by Crippen LogP contribution is 2.32. The number of nitrogens with one attached hydrogen (secondary N) is 1. The molecule has 0 aliphatic carbocycles. The van der Waals surface area contributed by atoms with Gasteiger partial charge in [-0.15, -0.1) is 0 Å². The second-order valence-electron chi connectivity index (χ2n) is 5.40. The molecule has 5 nitrogen and oxygen atoms in total. The van der Waals surface area contributed by atoms with Crippen molar-refractivity contribution in [3.05, 3.63) is 47.9 Å². The van der Waals surface area contributed by atoms with Gasteiger partial charge in [-0.1, -0.05) is 31.5 Å². The third-order valence-electron chi connectivity index (χ3n) is 3.86. The highest BCUT2D eigenvalue weighted by atomic mass is 16.1. The predicted molar refractivity (Wildman–Crippen MR) is 86.4 cm³/mol. The third-order valence-corrected chi connectivity index (χ3v) is 3.86. The van der Waals surface area contributed by atoms with Crippen molar-refractivity contribution in [2.24, 2.45) is 0 Å². The summed E-state index contributed by atoms with van der Waals surface area (Å²) in [5, 5.41) is 2.89. The lowest BCUT2D eigenvalue weighted by atomic mass is 10.2. The maximum atomic E-state index is 12.1. The van der Waals surface area contributed by atoms with Crippen molar-refractivity contribution in [1.82, 2.24) is 15.3 Å². The molecule has 2 aromatic rings. The van der Waals surface area contributed by atoms with Gasteiger partial charge in [-0.2, -0.15) is 0 Å². The zero-order chi connectivity index (χ0) is 15.4. The molecule has 0 bridgehead atoms. The van der Waals surface area contributed by atoms with Gasteiger partial charge < -0.3 is 10.2 Å². The van der Waals surface area contributed by atoms with E-state index in [4.69, 9.17) is 0 Å². The van der Waals surface area contributed by atoms with Crippen LogP contribution in [0.4, 0.5) is 11.5 Å². The van der Waals surface area contributed by atoms with E-state index in [1.165, 1.54) is 17.6 Å². The van der Waals surface area contributed by atoms with E-state index < -0.39 is 0 Å². The van der Waals surface area contributed by atoms with Gasteiger partial charge >= 0.3 is 0 Å². The third kappa shape index (κ3) is 2.93. The number of hydrogen-bond acceptors (Lipinski definition) is 4. The number of anilines is 2. The lowest BCUT2D eigenvalue weighted by Crippen LogP contribution is -2.26. The summed E-state index contributed by atoms with van der Waals surface area (Å²) < 4.78 is 0. The van der Waals surface area contributed by atoms with Crippen molar-refractivity contribution < 1.29 is 4.79 Å². The molecule has 0 saturated carbocycles. The lowest BCUT2D eigenvalue weighted by molar-refractivity contribution is 0.0948. The van der Waals surface area contributed by atoms with Crippen LogP contribution in [0.3, 0.4) is 0 Å². The first-order valence-electron chi connectivity index (χ1n) is 7.75. The summed E-state index contributed by atoms with van der Waals surface area (Å²) in [6.07, 6.45) is 4.49. The molecule has 0 spiro atoms. The fourth-order valence-corrected chi connectivity index (χ4v) is 2.66. The fraction of sp³-hybridized carbons (Fsp3) is 0.353. The number of hydrogen-bond donors (Lipinski definition) is 1. The molecular weight excluding hydrogens is 276 g/mol. The van der Waals surface area contributed by atoms with Gasteiger partial charge in [0.25, 0.3) is 5.91 Å². The molecule has 0 radical (unpaired) electrons. The number of para-hydroxylation sites is 1. The second kappa shape index (κ2) is 6.56. The van der Waals surface area contributed by atoms with E-state index in [9.17, 15) is 4.79 Å². The van der Waals surface area contributed by atoms with E-state index in [1.54, 1.807) is 6.07 Å². The van der Waals surface area contributed by atoms with Crippen LogP contribution >= 0.6 is 0 Å². The average Bonchev–Trinajstić information content (AvgIpc) is 2.99. The standard InChI is InChI=1S/C17H20N4O/c1-2-3-9-18-17(22)14-11-16(20-12-19-14)21-10-8-13-6-4-5-7-15(13)21/h4-7,11-12H,2-3,8-10H2,1H3,(H,18,22). The molecule has 0 unspecified atom stereocenters. The summed E-state index contributed by atoms with van der Waals surface area (Å²) in [5.41, 5.74) is 2.90. The number of fused-ring (bicyclic) bond motifs is 1. The van der Waals surface area contributed by atoms with Gasteiger partial charge in [-0.25, -0.2) is 9.97 Å². The normalized spacial score (nSPS) is 13.0. The van der Waals surface area contributed by atoms with Crippen molar-refractivity contribution in [2.45, 2.75) is 26.2 Å². The van der Waals surface area contributed by atoms with Crippen molar-refractivity contribution in [3.8, 4) is 0 Å². The first-order valence-corrected chi connectivity index (χ1v) is 7.75. The maximum Gasteiger partial charge on any atom is 0.270 e. The first kappa shape index (κ1) is 14.5. The SMILES string of the molecule is CCCCNC(=O)c1cc(N2CCc3ccccc32)ncn1. The molecule has 1 amide bonds. The molecule has 0 atom stereocenters. The van der Waals surface area contributed by atoms with Crippen LogP contribution < -0.4 is 10.2 Å². The van der Waals surface area contributed by atoms with Gasteiger partial charge in [-0.3, -0.25) is 4.79 Å². The molecular formula is C17H20N4O. The Kier molecular flexibility index (Phi) is 4.32. The summed E-state index contributed by atoms with van der Waals surface area (Å²) in [4.78, 5) is 22.7. The molecule has 1 aromatic heterocycles. The number of carbonyl (C=O) groups is 1. The second-order valence-corrected chi connectivity index (χ2v) is 5.40. The van der Waals surface area contributed by atoms with E-state index in [0.29, 0.717) is 12.2 Å². The molecule has 3 rings (SSSR count). The minimum atomic E-state index is -0.135.